The standard InChI is InChI=1S/C14H13FN4/c1-2-19-12-8-10(15)3-4-11(12)18-14(19)9-5-6-17-13(16)7-9/h3-8H,2H2,1H3,(H2,16,17). The van der Waals surface area contributed by atoms with Gasteiger partial charge in [-0.2, -0.15) is 0 Å². The van der Waals surface area contributed by atoms with Crippen molar-refractivity contribution in [1.82, 2.24) is 14.5 Å². The number of nitrogens with two attached hydrogens (primary N) is 1. The van der Waals surface area contributed by atoms with Crippen molar-refractivity contribution in [3.8, 4) is 11.4 Å². The maximum atomic E-state index is 13.4. The first-order valence-corrected chi connectivity index (χ1v) is 6.06. The Labute approximate surface area is 109 Å². The number of hydrogen-bond acceptors (Lipinski definition) is 3. The average molecular weight is 256 g/mol. The molecule has 0 saturated heterocycles. The Balaban J connectivity index is 2.29. The van der Waals surface area contributed by atoms with Crippen LogP contribution in [0.5, 0.6) is 0 Å². The molecule has 0 fully saturated rings. The molecule has 0 amide bonds. The van der Waals surface area contributed by atoms with E-state index in [0.29, 0.717) is 12.4 Å². The molecule has 0 aliphatic rings. The summed E-state index contributed by atoms with van der Waals surface area (Å²) in [5.74, 6) is 0.957. The van der Waals surface area contributed by atoms with E-state index < -0.39 is 0 Å². The molecule has 0 spiro atoms. The zero-order valence-electron chi connectivity index (χ0n) is 10.5. The fraction of sp³-hybridized carbons (Fsp3) is 0.143. The molecule has 96 valence electrons. The first-order valence-electron chi connectivity index (χ1n) is 6.06. The zero-order chi connectivity index (χ0) is 13.4. The van der Waals surface area contributed by atoms with Crippen LogP contribution in [0.25, 0.3) is 22.4 Å². The van der Waals surface area contributed by atoms with Crippen LogP contribution in [0.3, 0.4) is 0 Å². The zero-order valence-corrected chi connectivity index (χ0v) is 10.5. The van der Waals surface area contributed by atoms with E-state index in [0.717, 1.165) is 22.4 Å². The van der Waals surface area contributed by atoms with Crippen molar-refractivity contribution < 1.29 is 4.39 Å². The van der Waals surface area contributed by atoms with E-state index >= 15 is 0 Å². The molecule has 0 atom stereocenters. The molecule has 0 unspecified atom stereocenters. The van der Waals surface area contributed by atoms with Crippen molar-refractivity contribution in [3.05, 3.63) is 42.3 Å². The number of benzene rings is 1. The number of hydrogen-bond donors (Lipinski definition) is 1. The third-order valence-corrected chi connectivity index (χ3v) is 3.07. The van der Waals surface area contributed by atoms with Crippen molar-refractivity contribution >= 4 is 16.9 Å². The van der Waals surface area contributed by atoms with Crippen LogP contribution in [-0.4, -0.2) is 14.5 Å². The lowest BCUT2D eigenvalue weighted by Gasteiger charge is -2.06. The molecule has 3 rings (SSSR count). The monoisotopic (exact) mass is 256 g/mol. The van der Waals surface area contributed by atoms with E-state index in [-0.39, 0.29) is 5.82 Å². The molecule has 1 aromatic carbocycles. The highest BCUT2D eigenvalue weighted by Gasteiger charge is 2.12. The quantitative estimate of drug-likeness (QED) is 0.767. The van der Waals surface area contributed by atoms with Crippen molar-refractivity contribution in [1.29, 1.82) is 0 Å². The number of halogens is 1. The third kappa shape index (κ3) is 1.93. The molecule has 0 saturated carbocycles. The van der Waals surface area contributed by atoms with Gasteiger partial charge in [0.2, 0.25) is 0 Å². The number of anilines is 1. The van der Waals surface area contributed by atoms with Gasteiger partial charge in [-0.3, -0.25) is 0 Å². The van der Waals surface area contributed by atoms with E-state index in [9.17, 15) is 4.39 Å². The summed E-state index contributed by atoms with van der Waals surface area (Å²) in [7, 11) is 0. The van der Waals surface area contributed by atoms with Crippen LogP contribution in [0.1, 0.15) is 6.92 Å². The molecule has 0 radical (unpaired) electrons. The summed E-state index contributed by atoms with van der Waals surface area (Å²) >= 11 is 0. The normalized spacial score (nSPS) is 11.1. The second-order valence-electron chi connectivity index (χ2n) is 4.28. The SMILES string of the molecule is CCn1c(-c2ccnc(N)c2)nc2ccc(F)cc21. The molecule has 0 aliphatic heterocycles. The van der Waals surface area contributed by atoms with Gasteiger partial charge in [-0.1, -0.05) is 0 Å². The Hall–Kier alpha value is -2.43. The molecule has 3 aromatic rings. The lowest BCUT2D eigenvalue weighted by Crippen LogP contribution is -1.98. The molecule has 4 nitrogen and oxygen atoms in total. The van der Waals surface area contributed by atoms with E-state index in [1.54, 1.807) is 18.3 Å². The van der Waals surface area contributed by atoms with E-state index in [1.807, 2.05) is 17.6 Å². The van der Waals surface area contributed by atoms with Gasteiger partial charge in [0.05, 0.1) is 11.0 Å². The molecule has 2 N–H and O–H groups in total. The van der Waals surface area contributed by atoms with Gasteiger partial charge in [-0.15, -0.1) is 0 Å². The lowest BCUT2D eigenvalue weighted by atomic mass is 10.2. The summed E-state index contributed by atoms with van der Waals surface area (Å²) in [5, 5.41) is 0. The van der Waals surface area contributed by atoms with E-state index in [1.165, 1.54) is 12.1 Å². The predicted octanol–water partition coefficient (Wildman–Crippen LogP) is 2.84. The molecular weight excluding hydrogens is 243 g/mol. The van der Waals surface area contributed by atoms with Crippen molar-refractivity contribution in [2.45, 2.75) is 13.5 Å². The van der Waals surface area contributed by atoms with Crippen molar-refractivity contribution in [2.75, 3.05) is 5.73 Å². The molecule has 0 bridgehead atoms. The molecule has 2 aromatic heterocycles. The van der Waals surface area contributed by atoms with Gasteiger partial charge < -0.3 is 10.3 Å². The van der Waals surface area contributed by atoms with Crippen LogP contribution in [0.4, 0.5) is 10.2 Å². The topological polar surface area (TPSA) is 56.7 Å². The molecule has 5 heteroatoms. The van der Waals surface area contributed by atoms with Crippen LogP contribution in [0.2, 0.25) is 0 Å². The number of imidazole rings is 1. The van der Waals surface area contributed by atoms with Gasteiger partial charge in [0.15, 0.2) is 0 Å². The van der Waals surface area contributed by atoms with Crippen LogP contribution in [0, 0.1) is 5.82 Å². The van der Waals surface area contributed by atoms with Crippen LogP contribution >= 0.6 is 0 Å². The fourth-order valence-corrected chi connectivity index (χ4v) is 2.22. The molecular formula is C14H13FN4. The second-order valence-corrected chi connectivity index (χ2v) is 4.28. The van der Waals surface area contributed by atoms with Gasteiger partial charge in [-0.25, -0.2) is 14.4 Å². The Morgan fingerprint density at radius 3 is 2.84 bits per heavy atom. The maximum Gasteiger partial charge on any atom is 0.141 e. The van der Waals surface area contributed by atoms with Gasteiger partial charge in [-0.05, 0) is 37.3 Å². The predicted molar refractivity (Wildman–Crippen MR) is 73.0 cm³/mol. The van der Waals surface area contributed by atoms with Crippen LogP contribution in [-0.2, 0) is 6.54 Å². The van der Waals surface area contributed by atoms with Crippen LogP contribution < -0.4 is 5.73 Å². The molecule has 2 heterocycles. The molecule has 19 heavy (non-hydrogen) atoms. The number of fused-ring (bicyclic) bond motifs is 1. The highest BCUT2D eigenvalue weighted by Crippen LogP contribution is 2.25. The van der Waals surface area contributed by atoms with Gasteiger partial charge >= 0.3 is 0 Å². The van der Waals surface area contributed by atoms with Gasteiger partial charge in [0.1, 0.15) is 17.5 Å². The Morgan fingerprint density at radius 1 is 1.26 bits per heavy atom. The second kappa shape index (κ2) is 4.35. The third-order valence-electron chi connectivity index (χ3n) is 3.07. The number of pyridine rings is 1. The highest BCUT2D eigenvalue weighted by molar-refractivity contribution is 5.81. The van der Waals surface area contributed by atoms with Crippen molar-refractivity contribution in [3.63, 3.8) is 0 Å². The number of aromatic nitrogens is 3. The summed E-state index contributed by atoms with van der Waals surface area (Å²) in [6.07, 6.45) is 1.64. The van der Waals surface area contributed by atoms with E-state index in [4.69, 9.17) is 5.73 Å². The Bertz CT molecular complexity index is 748. The first kappa shape index (κ1) is 11.6. The summed E-state index contributed by atoms with van der Waals surface area (Å²) < 4.78 is 15.3. The summed E-state index contributed by atoms with van der Waals surface area (Å²) in [6.45, 7) is 2.71. The Morgan fingerprint density at radius 2 is 2.11 bits per heavy atom. The van der Waals surface area contributed by atoms with Gasteiger partial charge in [0, 0.05) is 18.3 Å². The number of aryl methyl sites for hydroxylation is 1. The summed E-state index contributed by atoms with van der Waals surface area (Å²) in [6, 6.07) is 8.22. The number of nitrogen functional groups attached to an aromatic ring is 1. The minimum absolute atomic E-state index is 0.261. The van der Waals surface area contributed by atoms with E-state index in [2.05, 4.69) is 9.97 Å². The van der Waals surface area contributed by atoms with Crippen molar-refractivity contribution in [2.24, 2.45) is 0 Å². The first-order chi connectivity index (χ1) is 9.19. The summed E-state index contributed by atoms with van der Waals surface area (Å²) in [4.78, 5) is 8.52. The minimum Gasteiger partial charge on any atom is -0.384 e. The summed E-state index contributed by atoms with van der Waals surface area (Å²) in [5.41, 5.74) is 8.14. The average Bonchev–Trinajstić information content (AvgIpc) is 2.76. The number of nitrogens with zero attached hydrogens (tertiary/aromatic N) is 3. The smallest absolute Gasteiger partial charge is 0.141 e. The fourth-order valence-electron chi connectivity index (χ4n) is 2.22. The largest absolute Gasteiger partial charge is 0.384 e. The maximum absolute atomic E-state index is 13.4. The van der Waals surface area contributed by atoms with Gasteiger partial charge in [0.25, 0.3) is 0 Å². The van der Waals surface area contributed by atoms with Crippen LogP contribution in [0.15, 0.2) is 36.5 Å². The Kier molecular flexibility index (Phi) is 2.67. The minimum atomic E-state index is -0.261. The molecule has 0 aliphatic carbocycles. The number of rotatable bonds is 2. The highest BCUT2D eigenvalue weighted by atomic mass is 19.1. The lowest BCUT2D eigenvalue weighted by molar-refractivity contribution is 0.628.